The third-order valence-corrected chi connectivity index (χ3v) is 1.05. The number of aromatic amines is 1. The van der Waals surface area contributed by atoms with Gasteiger partial charge in [0.1, 0.15) is 0 Å². The maximum Gasteiger partial charge on any atom is 0.360 e. The summed E-state index contributed by atoms with van der Waals surface area (Å²) in [7, 11) is 1.19. The van der Waals surface area contributed by atoms with Gasteiger partial charge in [0.25, 0.3) is 0 Å². The van der Waals surface area contributed by atoms with E-state index >= 15 is 0 Å². The Kier molecular flexibility index (Phi) is 2.24. The first kappa shape index (κ1) is 8.02. The van der Waals surface area contributed by atoms with Crippen molar-refractivity contribution in [3.8, 4) is 0 Å². The summed E-state index contributed by atoms with van der Waals surface area (Å²) in [5.41, 5.74) is 7.91. The first-order chi connectivity index (χ1) is 5.79. The fourth-order valence-electron chi connectivity index (χ4n) is 0.571. The van der Waals surface area contributed by atoms with E-state index in [9.17, 15) is 4.79 Å². The van der Waals surface area contributed by atoms with Crippen molar-refractivity contribution in [2.75, 3.05) is 7.11 Å². The van der Waals surface area contributed by atoms with Crippen molar-refractivity contribution >= 4 is 11.8 Å². The number of H-pyrrole nitrogens is 1. The fraction of sp³-hybridized carbons (Fsp3) is 0.250. The molecular formula is C4H4N6O2. The number of carbonyl (C=O) groups excluding carboxylic acids is 1. The van der Waals surface area contributed by atoms with Crippen molar-refractivity contribution in [2.45, 2.75) is 0 Å². The zero-order valence-corrected chi connectivity index (χ0v) is 6.05. The second kappa shape index (κ2) is 3.35. The zero-order valence-electron chi connectivity index (χ0n) is 6.05. The highest BCUT2D eigenvalue weighted by atomic mass is 16.5. The van der Waals surface area contributed by atoms with E-state index in [1.165, 1.54) is 7.11 Å². The smallest absolute Gasteiger partial charge is 0.360 e. The van der Waals surface area contributed by atoms with E-state index in [0.717, 1.165) is 0 Å². The molecule has 1 aromatic rings. The summed E-state index contributed by atoms with van der Waals surface area (Å²) in [6, 6.07) is 0. The number of nitrogens with zero attached hydrogens (tertiary/aromatic N) is 5. The molecule has 8 heteroatoms. The molecule has 0 saturated heterocycles. The van der Waals surface area contributed by atoms with Crippen LogP contribution in [-0.4, -0.2) is 28.5 Å². The molecule has 62 valence electrons. The minimum absolute atomic E-state index is 0.121. The van der Waals surface area contributed by atoms with Crippen LogP contribution < -0.4 is 0 Å². The van der Waals surface area contributed by atoms with Crippen molar-refractivity contribution in [3.63, 3.8) is 0 Å². The number of hydrogen-bond acceptors (Lipinski definition) is 5. The van der Waals surface area contributed by atoms with Gasteiger partial charge >= 0.3 is 5.97 Å². The highest BCUT2D eigenvalue weighted by Crippen LogP contribution is 2.12. The summed E-state index contributed by atoms with van der Waals surface area (Å²) in [4.78, 5) is 13.3. The zero-order chi connectivity index (χ0) is 8.97. The molecule has 0 aliphatic carbocycles. The van der Waals surface area contributed by atoms with Gasteiger partial charge in [0.2, 0.25) is 0 Å². The maximum atomic E-state index is 10.8. The minimum atomic E-state index is -0.703. The Morgan fingerprint density at radius 3 is 3.08 bits per heavy atom. The predicted octanol–water partition coefficient (Wildman–Crippen LogP) is 0.533. The molecule has 1 aromatic heterocycles. The molecule has 0 aliphatic rings. The van der Waals surface area contributed by atoms with E-state index in [0.29, 0.717) is 0 Å². The average molecular weight is 168 g/mol. The number of esters is 1. The highest BCUT2D eigenvalue weighted by Gasteiger charge is 2.14. The van der Waals surface area contributed by atoms with Crippen molar-refractivity contribution in [3.05, 3.63) is 16.1 Å². The Balaban J connectivity index is 3.06. The van der Waals surface area contributed by atoms with Gasteiger partial charge in [-0.05, 0) is 10.6 Å². The van der Waals surface area contributed by atoms with Crippen LogP contribution in [0.1, 0.15) is 10.5 Å². The predicted molar refractivity (Wildman–Crippen MR) is 36.5 cm³/mol. The SMILES string of the molecule is COC(=O)c1n[nH]nc1N=[N+]=[N-]. The largest absolute Gasteiger partial charge is 0.464 e. The number of carbonyl (C=O) groups is 1. The van der Waals surface area contributed by atoms with E-state index in [2.05, 4.69) is 30.2 Å². The van der Waals surface area contributed by atoms with E-state index in [4.69, 9.17) is 5.53 Å². The lowest BCUT2D eigenvalue weighted by Gasteiger charge is -1.91. The molecule has 0 spiro atoms. The topological polar surface area (TPSA) is 117 Å². The molecule has 0 fully saturated rings. The van der Waals surface area contributed by atoms with Crippen LogP contribution in [-0.2, 0) is 4.74 Å². The Labute approximate surface area is 66.2 Å². The summed E-state index contributed by atoms with van der Waals surface area (Å²) in [6.45, 7) is 0. The Morgan fingerprint density at radius 1 is 1.75 bits per heavy atom. The van der Waals surface area contributed by atoms with Crippen LogP contribution in [0.4, 0.5) is 5.82 Å². The summed E-state index contributed by atoms with van der Waals surface area (Å²) in [5.74, 6) is -0.824. The molecule has 0 unspecified atom stereocenters. The molecule has 8 nitrogen and oxygen atoms in total. The number of methoxy groups -OCH3 is 1. The molecule has 0 bridgehead atoms. The van der Waals surface area contributed by atoms with Gasteiger partial charge in [-0.1, -0.05) is 0 Å². The number of hydrogen-bond donors (Lipinski definition) is 1. The summed E-state index contributed by atoms with van der Waals surface area (Å²) < 4.78 is 4.34. The molecule has 0 amide bonds. The first-order valence-electron chi connectivity index (χ1n) is 2.83. The van der Waals surface area contributed by atoms with Crippen LogP contribution in [0.5, 0.6) is 0 Å². The molecule has 12 heavy (non-hydrogen) atoms. The van der Waals surface area contributed by atoms with Gasteiger partial charge in [-0.15, -0.1) is 5.10 Å². The second-order valence-electron chi connectivity index (χ2n) is 1.68. The van der Waals surface area contributed by atoms with Gasteiger partial charge in [-0.25, -0.2) is 4.79 Å². The van der Waals surface area contributed by atoms with Crippen molar-refractivity contribution < 1.29 is 9.53 Å². The number of azide groups is 1. The Bertz CT molecular complexity index is 337. The fourth-order valence-corrected chi connectivity index (χ4v) is 0.571. The first-order valence-corrected chi connectivity index (χ1v) is 2.83. The normalized spacial score (nSPS) is 8.75. The van der Waals surface area contributed by atoms with Gasteiger partial charge < -0.3 is 4.74 Å². The van der Waals surface area contributed by atoms with E-state index in [-0.39, 0.29) is 11.5 Å². The van der Waals surface area contributed by atoms with Crippen LogP contribution in [0.2, 0.25) is 0 Å². The summed E-state index contributed by atoms with van der Waals surface area (Å²) >= 11 is 0. The van der Waals surface area contributed by atoms with Gasteiger partial charge in [0.05, 0.1) is 7.11 Å². The van der Waals surface area contributed by atoms with E-state index < -0.39 is 5.97 Å². The quantitative estimate of drug-likeness (QED) is 0.300. The average Bonchev–Trinajstić information content (AvgIpc) is 2.52. The van der Waals surface area contributed by atoms with Gasteiger partial charge in [-0.3, -0.25) is 0 Å². The number of rotatable bonds is 2. The Morgan fingerprint density at radius 2 is 2.50 bits per heavy atom. The van der Waals surface area contributed by atoms with Gasteiger partial charge in [-0.2, -0.15) is 10.3 Å². The Hall–Kier alpha value is -2.08. The lowest BCUT2D eigenvalue weighted by Crippen LogP contribution is -2.01. The molecular weight excluding hydrogens is 164 g/mol. The van der Waals surface area contributed by atoms with Crippen LogP contribution in [0.3, 0.4) is 0 Å². The van der Waals surface area contributed by atoms with Crippen LogP contribution in [0, 0.1) is 0 Å². The molecule has 0 aromatic carbocycles. The summed E-state index contributed by atoms with van der Waals surface area (Å²) in [5, 5.41) is 12.1. The molecule has 0 atom stereocenters. The van der Waals surface area contributed by atoms with Gasteiger partial charge in [0, 0.05) is 4.91 Å². The molecule has 0 radical (unpaired) electrons. The molecule has 0 saturated carbocycles. The van der Waals surface area contributed by atoms with Crippen LogP contribution >= 0.6 is 0 Å². The molecule has 1 heterocycles. The minimum Gasteiger partial charge on any atom is -0.464 e. The van der Waals surface area contributed by atoms with Crippen LogP contribution in [0.15, 0.2) is 5.11 Å². The standard InChI is InChI=1S/C4H4N6O2/c1-12-4(11)2-3(7-9-5)8-10-6-2/h1H3,(H,6,8,10). The van der Waals surface area contributed by atoms with Crippen LogP contribution in [0.25, 0.3) is 10.4 Å². The van der Waals surface area contributed by atoms with E-state index in [1.54, 1.807) is 0 Å². The lowest BCUT2D eigenvalue weighted by atomic mass is 10.4. The molecule has 1 rings (SSSR count). The lowest BCUT2D eigenvalue weighted by molar-refractivity contribution is 0.0595. The van der Waals surface area contributed by atoms with Gasteiger partial charge in [0.15, 0.2) is 11.5 Å². The third-order valence-electron chi connectivity index (χ3n) is 1.05. The maximum absolute atomic E-state index is 10.8. The number of ether oxygens (including phenoxy) is 1. The summed E-state index contributed by atoms with van der Waals surface area (Å²) in [6.07, 6.45) is 0. The monoisotopic (exact) mass is 168 g/mol. The second-order valence-corrected chi connectivity index (χ2v) is 1.68. The molecule has 0 aliphatic heterocycles. The third kappa shape index (κ3) is 1.32. The van der Waals surface area contributed by atoms with Crippen molar-refractivity contribution in [2.24, 2.45) is 5.11 Å². The molecule has 1 N–H and O–H groups in total. The number of aromatic nitrogens is 3. The van der Waals surface area contributed by atoms with Crippen molar-refractivity contribution in [1.82, 2.24) is 15.4 Å². The number of nitrogens with one attached hydrogen (secondary N) is 1. The van der Waals surface area contributed by atoms with E-state index in [1.807, 2.05) is 0 Å². The highest BCUT2D eigenvalue weighted by molar-refractivity contribution is 5.91. The van der Waals surface area contributed by atoms with Crippen molar-refractivity contribution in [1.29, 1.82) is 0 Å².